The summed E-state index contributed by atoms with van der Waals surface area (Å²) in [6.07, 6.45) is 0. The number of phenolic OH excluding ortho intramolecular Hbond substituents is 1. The first-order valence-electron chi connectivity index (χ1n) is 9.43. The monoisotopic (exact) mass is 374 g/mol. The van der Waals surface area contributed by atoms with Crippen LogP contribution in [0.5, 0.6) is 5.75 Å². The van der Waals surface area contributed by atoms with Crippen LogP contribution >= 0.6 is 0 Å². The highest BCUT2D eigenvalue weighted by Gasteiger charge is 2.17. The molecule has 0 aromatic heterocycles. The average molecular weight is 375 g/mol. The molecular formula is C22H34N2O3+2. The first-order valence-corrected chi connectivity index (χ1v) is 9.43. The third kappa shape index (κ3) is 6.33. The third-order valence-corrected chi connectivity index (χ3v) is 4.96. The van der Waals surface area contributed by atoms with E-state index in [0.717, 1.165) is 40.8 Å². The number of aromatic hydroxyl groups is 1. The van der Waals surface area contributed by atoms with Crippen molar-refractivity contribution in [2.24, 2.45) is 0 Å². The fourth-order valence-electron chi connectivity index (χ4n) is 3.40. The maximum absolute atomic E-state index is 10.5. The molecule has 0 amide bonds. The number of quaternary nitrogens is 2. The molecule has 2 aromatic carbocycles. The first-order chi connectivity index (χ1) is 12.7. The van der Waals surface area contributed by atoms with E-state index in [1.54, 1.807) is 0 Å². The number of aliphatic hydroxyl groups is 2. The van der Waals surface area contributed by atoms with Gasteiger partial charge in [0.05, 0.1) is 41.4 Å². The van der Waals surface area contributed by atoms with Crippen LogP contribution in [0.1, 0.15) is 11.1 Å². The Morgan fingerprint density at radius 3 is 1.67 bits per heavy atom. The second-order valence-electron chi connectivity index (χ2n) is 8.63. The number of likely N-dealkylation sites (N-methyl/N-ethyl adjacent to an activating group) is 2. The standard InChI is InChI=1S/C22H33N2O3/c1-23(2,11-13-25)16-18-5-8-20(9-6-18)21-10-7-19(15-22(21)27)17-24(3,4)12-14-26/h5-10,15,25-26H,11-14,16-17H2,1-4H3/q+1/p+1. The molecule has 0 saturated heterocycles. The number of phenols is 1. The maximum atomic E-state index is 10.5. The van der Waals surface area contributed by atoms with Crippen molar-refractivity contribution in [3.05, 3.63) is 53.6 Å². The lowest BCUT2D eigenvalue weighted by Gasteiger charge is -2.29. The van der Waals surface area contributed by atoms with E-state index in [1.807, 2.05) is 30.3 Å². The lowest BCUT2D eigenvalue weighted by molar-refractivity contribution is -0.903. The van der Waals surface area contributed by atoms with Gasteiger partial charge in [0, 0.05) is 16.7 Å². The maximum Gasteiger partial charge on any atom is 0.123 e. The van der Waals surface area contributed by atoms with Crippen molar-refractivity contribution >= 4 is 0 Å². The van der Waals surface area contributed by atoms with Gasteiger partial charge in [-0.2, -0.15) is 0 Å². The molecular weight excluding hydrogens is 340 g/mol. The Hall–Kier alpha value is -1.92. The van der Waals surface area contributed by atoms with Crippen LogP contribution in [-0.2, 0) is 13.1 Å². The third-order valence-electron chi connectivity index (χ3n) is 4.96. The second-order valence-corrected chi connectivity index (χ2v) is 8.63. The van der Waals surface area contributed by atoms with E-state index in [9.17, 15) is 10.2 Å². The quantitative estimate of drug-likeness (QED) is 0.590. The van der Waals surface area contributed by atoms with E-state index in [4.69, 9.17) is 5.11 Å². The lowest BCUT2D eigenvalue weighted by atomic mass is 10.0. The zero-order valence-electron chi connectivity index (χ0n) is 17.0. The Kier molecular flexibility index (Phi) is 7.00. The minimum absolute atomic E-state index is 0.150. The smallest absolute Gasteiger partial charge is 0.123 e. The highest BCUT2D eigenvalue weighted by atomic mass is 16.3. The molecule has 0 aliphatic rings. The molecule has 0 aliphatic carbocycles. The number of nitrogens with zero attached hydrogens (tertiary/aromatic N) is 2. The van der Waals surface area contributed by atoms with Crippen molar-refractivity contribution in [1.29, 1.82) is 0 Å². The number of hydrogen-bond acceptors (Lipinski definition) is 3. The summed E-state index contributed by atoms with van der Waals surface area (Å²) in [5.41, 5.74) is 4.06. The molecule has 0 spiro atoms. The summed E-state index contributed by atoms with van der Waals surface area (Å²) >= 11 is 0. The van der Waals surface area contributed by atoms with Crippen molar-refractivity contribution in [2.45, 2.75) is 13.1 Å². The Morgan fingerprint density at radius 2 is 1.19 bits per heavy atom. The van der Waals surface area contributed by atoms with Gasteiger partial charge in [-0.3, -0.25) is 0 Å². The van der Waals surface area contributed by atoms with Crippen molar-refractivity contribution in [1.82, 2.24) is 0 Å². The molecule has 27 heavy (non-hydrogen) atoms. The van der Waals surface area contributed by atoms with Gasteiger partial charge in [0.2, 0.25) is 0 Å². The summed E-state index contributed by atoms with van der Waals surface area (Å²) in [6, 6.07) is 14.1. The zero-order chi connectivity index (χ0) is 20.1. The Balaban J connectivity index is 2.14. The largest absolute Gasteiger partial charge is 0.507 e. The number of hydrogen-bond donors (Lipinski definition) is 3. The Labute approximate surface area is 162 Å². The van der Waals surface area contributed by atoms with E-state index in [0.29, 0.717) is 11.0 Å². The predicted molar refractivity (Wildman–Crippen MR) is 109 cm³/mol. The van der Waals surface area contributed by atoms with Crippen molar-refractivity contribution < 1.29 is 24.3 Å². The summed E-state index contributed by atoms with van der Waals surface area (Å²) < 4.78 is 1.41. The van der Waals surface area contributed by atoms with Crippen LogP contribution in [-0.4, -0.2) is 78.8 Å². The molecule has 5 nitrogen and oxygen atoms in total. The molecule has 0 radical (unpaired) electrons. The fourth-order valence-corrected chi connectivity index (χ4v) is 3.40. The van der Waals surface area contributed by atoms with Crippen LogP contribution in [0.3, 0.4) is 0 Å². The number of rotatable bonds is 9. The van der Waals surface area contributed by atoms with E-state index in [2.05, 4.69) is 40.3 Å². The van der Waals surface area contributed by atoms with E-state index < -0.39 is 0 Å². The summed E-state index contributed by atoms with van der Waals surface area (Å²) in [4.78, 5) is 0. The summed E-state index contributed by atoms with van der Waals surface area (Å²) in [7, 11) is 8.34. The second kappa shape index (κ2) is 8.85. The van der Waals surface area contributed by atoms with Gasteiger partial charge >= 0.3 is 0 Å². The minimum Gasteiger partial charge on any atom is -0.507 e. The van der Waals surface area contributed by atoms with Crippen LogP contribution in [0.15, 0.2) is 42.5 Å². The van der Waals surface area contributed by atoms with Gasteiger partial charge in [-0.1, -0.05) is 36.4 Å². The normalized spacial score (nSPS) is 12.4. The van der Waals surface area contributed by atoms with Gasteiger partial charge < -0.3 is 24.3 Å². The molecule has 0 fully saturated rings. The molecule has 0 atom stereocenters. The van der Waals surface area contributed by atoms with Crippen LogP contribution in [0, 0.1) is 0 Å². The Morgan fingerprint density at radius 1 is 0.704 bits per heavy atom. The van der Waals surface area contributed by atoms with Crippen LogP contribution < -0.4 is 0 Å². The van der Waals surface area contributed by atoms with Crippen molar-refractivity contribution in [2.75, 3.05) is 54.5 Å². The molecule has 0 bridgehead atoms. The fraction of sp³-hybridized carbons (Fsp3) is 0.455. The number of aliphatic hydroxyl groups excluding tert-OH is 2. The minimum atomic E-state index is 0.150. The molecule has 5 heteroatoms. The molecule has 3 N–H and O–H groups in total. The van der Waals surface area contributed by atoms with Crippen LogP contribution in [0.25, 0.3) is 11.1 Å². The van der Waals surface area contributed by atoms with Gasteiger partial charge in [-0.25, -0.2) is 0 Å². The first kappa shape index (κ1) is 21.4. The topological polar surface area (TPSA) is 60.7 Å². The molecule has 2 rings (SSSR count). The number of benzene rings is 2. The van der Waals surface area contributed by atoms with Gasteiger partial charge in [0.1, 0.15) is 31.9 Å². The average Bonchev–Trinajstić information content (AvgIpc) is 2.55. The van der Waals surface area contributed by atoms with Crippen molar-refractivity contribution in [3.63, 3.8) is 0 Å². The van der Waals surface area contributed by atoms with Gasteiger partial charge in [0.15, 0.2) is 0 Å². The Bertz CT molecular complexity index is 740. The van der Waals surface area contributed by atoms with E-state index in [-0.39, 0.29) is 19.0 Å². The van der Waals surface area contributed by atoms with Crippen LogP contribution in [0.2, 0.25) is 0 Å². The highest BCUT2D eigenvalue weighted by Crippen LogP contribution is 2.31. The SMILES string of the molecule is C[N+](C)(CCO)Cc1ccc(-c2ccc(C[N+](C)(C)CCO)cc2O)cc1. The molecule has 0 aliphatic heterocycles. The van der Waals surface area contributed by atoms with Gasteiger partial charge in [-0.15, -0.1) is 0 Å². The van der Waals surface area contributed by atoms with Gasteiger partial charge in [0.25, 0.3) is 0 Å². The predicted octanol–water partition coefficient (Wildman–Crippen LogP) is 2.20. The summed E-state index contributed by atoms with van der Waals surface area (Å²) in [5.74, 6) is 0.278. The molecule has 0 saturated carbocycles. The molecule has 148 valence electrons. The molecule has 2 aromatic rings. The molecule has 0 unspecified atom stereocenters. The highest BCUT2D eigenvalue weighted by molar-refractivity contribution is 5.70. The van der Waals surface area contributed by atoms with E-state index >= 15 is 0 Å². The van der Waals surface area contributed by atoms with Gasteiger partial charge in [-0.05, 0) is 11.6 Å². The lowest BCUT2D eigenvalue weighted by Crippen LogP contribution is -2.41. The van der Waals surface area contributed by atoms with Crippen molar-refractivity contribution in [3.8, 4) is 16.9 Å². The summed E-state index contributed by atoms with van der Waals surface area (Å²) in [5, 5.41) is 28.9. The summed E-state index contributed by atoms with van der Waals surface area (Å²) in [6.45, 7) is 3.33. The molecule has 0 heterocycles. The zero-order valence-corrected chi connectivity index (χ0v) is 17.0. The van der Waals surface area contributed by atoms with E-state index in [1.165, 1.54) is 5.56 Å². The van der Waals surface area contributed by atoms with Crippen LogP contribution in [0.4, 0.5) is 0 Å².